The summed E-state index contributed by atoms with van der Waals surface area (Å²) in [5.74, 6) is -1.15. The average Bonchev–Trinajstić information content (AvgIpc) is 2.41. The van der Waals surface area contributed by atoms with E-state index in [1.54, 1.807) is 25.1 Å². The number of hydrogen-bond donors (Lipinski definition) is 1. The maximum absolute atomic E-state index is 13.0. The minimum atomic E-state index is -0.695. The lowest BCUT2D eigenvalue weighted by Crippen LogP contribution is -2.27. The summed E-state index contributed by atoms with van der Waals surface area (Å²) in [6.07, 6.45) is 0. The van der Waals surface area contributed by atoms with Gasteiger partial charge in [-0.2, -0.15) is 4.39 Å². The van der Waals surface area contributed by atoms with Gasteiger partial charge in [0.15, 0.2) is 0 Å². The standard InChI is InChI=1S/C14H11Cl2FN2O/c1-8(9-5-6-10(15)11(16)7-9)18-14(20)12-3-2-4-13(17)19-12/h2-8H,1H3,(H,18,20). The molecule has 6 heteroatoms. The summed E-state index contributed by atoms with van der Waals surface area (Å²) < 4.78 is 13.0. The minimum absolute atomic E-state index is 0.0249. The van der Waals surface area contributed by atoms with E-state index in [4.69, 9.17) is 23.2 Å². The van der Waals surface area contributed by atoms with E-state index in [1.165, 1.54) is 18.2 Å². The highest BCUT2D eigenvalue weighted by atomic mass is 35.5. The van der Waals surface area contributed by atoms with Crippen LogP contribution in [0.3, 0.4) is 0 Å². The molecule has 20 heavy (non-hydrogen) atoms. The Hall–Kier alpha value is -1.65. The third-order valence-corrected chi connectivity index (χ3v) is 3.48. The Bertz CT molecular complexity index is 649. The first-order chi connectivity index (χ1) is 9.47. The summed E-state index contributed by atoms with van der Waals surface area (Å²) in [4.78, 5) is 15.5. The molecule has 1 aromatic heterocycles. The first-order valence-electron chi connectivity index (χ1n) is 5.86. The van der Waals surface area contributed by atoms with Crippen molar-refractivity contribution in [3.63, 3.8) is 0 Å². The van der Waals surface area contributed by atoms with Crippen molar-refractivity contribution in [3.8, 4) is 0 Å². The number of hydrogen-bond acceptors (Lipinski definition) is 2. The van der Waals surface area contributed by atoms with Gasteiger partial charge in [0.2, 0.25) is 5.95 Å². The molecule has 1 unspecified atom stereocenters. The lowest BCUT2D eigenvalue weighted by atomic mass is 10.1. The molecule has 0 aliphatic carbocycles. The van der Waals surface area contributed by atoms with Crippen molar-refractivity contribution in [3.05, 3.63) is 63.6 Å². The third-order valence-electron chi connectivity index (χ3n) is 2.74. The highest BCUT2D eigenvalue weighted by Gasteiger charge is 2.14. The maximum Gasteiger partial charge on any atom is 0.270 e. The zero-order valence-electron chi connectivity index (χ0n) is 10.5. The Kier molecular flexibility index (Phi) is 4.57. The first-order valence-corrected chi connectivity index (χ1v) is 6.61. The van der Waals surface area contributed by atoms with Crippen LogP contribution in [0.1, 0.15) is 29.0 Å². The van der Waals surface area contributed by atoms with Crippen molar-refractivity contribution in [1.82, 2.24) is 10.3 Å². The average molecular weight is 313 g/mol. The molecule has 1 atom stereocenters. The van der Waals surface area contributed by atoms with Crippen LogP contribution in [-0.4, -0.2) is 10.9 Å². The van der Waals surface area contributed by atoms with Crippen molar-refractivity contribution >= 4 is 29.1 Å². The van der Waals surface area contributed by atoms with Crippen LogP contribution in [0.2, 0.25) is 10.0 Å². The summed E-state index contributed by atoms with van der Waals surface area (Å²) in [6, 6.07) is 8.84. The lowest BCUT2D eigenvalue weighted by Gasteiger charge is -2.14. The van der Waals surface area contributed by atoms with Crippen molar-refractivity contribution in [2.75, 3.05) is 0 Å². The van der Waals surface area contributed by atoms with Gasteiger partial charge >= 0.3 is 0 Å². The number of nitrogens with one attached hydrogen (secondary N) is 1. The summed E-state index contributed by atoms with van der Waals surface area (Å²) in [6.45, 7) is 1.79. The minimum Gasteiger partial charge on any atom is -0.344 e. The Morgan fingerprint density at radius 2 is 2.00 bits per heavy atom. The monoisotopic (exact) mass is 312 g/mol. The molecule has 0 spiro atoms. The van der Waals surface area contributed by atoms with Crippen LogP contribution in [-0.2, 0) is 0 Å². The number of aromatic nitrogens is 1. The summed E-state index contributed by atoms with van der Waals surface area (Å²) in [5, 5.41) is 3.57. The van der Waals surface area contributed by atoms with Crippen LogP contribution in [0, 0.1) is 5.95 Å². The highest BCUT2D eigenvalue weighted by Crippen LogP contribution is 2.25. The molecule has 0 aliphatic rings. The fraction of sp³-hybridized carbons (Fsp3) is 0.143. The molecule has 0 aliphatic heterocycles. The van der Waals surface area contributed by atoms with Gasteiger partial charge < -0.3 is 5.32 Å². The molecule has 104 valence electrons. The maximum atomic E-state index is 13.0. The van der Waals surface area contributed by atoms with Gasteiger partial charge in [-0.05, 0) is 36.8 Å². The Balaban J connectivity index is 2.13. The van der Waals surface area contributed by atoms with Crippen LogP contribution in [0.25, 0.3) is 0 Å². The van der Waals surface area contributed by atoms with Crippen LogP contribution in [0.4, 0.5) is 4.39 Å². The number of halogens is 3. The predicted octanol–water partition coefficient (Wildman–Crippen LogP) is 4.02. The molecular weight excluding hydrogens is 302 g/mol. The van der Waals surface area contributed by atoms with Crippen LogP contribution >= 0.6 is 23.2 Å². The van der Waals surface area contributed by atoms with Gasteiger partial charge in [-0.25, -0.2) is 4.98 Å². The van der Waals surface area contributed by atoms with Crippen LogP contribution in [0.15, 0.2) is 36.4 Å². The molecular formula is C14H11Cl2FN2O. The van der Waals surface area contributed by atoms with E-state index in [1.807, 2.05) is 0 Å². The summed E-state index contributed by atoms with van der Waals surface area (Å²) >= 11 is 11.8. The van der Waals surface area contributed by atoms with E-state index >= 15 is 0 Å². The molecule has 2 rings (SSSR count). The van der Waals surface area contributed by atoms with Gasteiger partial charge in [-0.3, -0.25) is 4.79 Å². The second-order valence-electron chi connectivity index (χ2n) is 4.21. The predicted molar refractivity (Wildman–Crippen MR) is 76.5 cm³/mol. The number of carbonyl (C=O) groups excluding carboxylic acids is 1. The van der Waals surface area contributed by atoms with Crippen molar-refractivity contribution in [2.45, 2.75) is 13.0 Å². The van der Waals surface area contributed by atoms with Crippen LogP contribution in [0.5, 0.6) is 0 Å². The zero-order chi connectivity index (χ0) is 14.7. The van der Waals surface area contributed by atoms with Crippen molar-refractivity contribution < 1.29 is 9.18 Å². The quantitative estimate of drug-likeness (QED) is 0.870. The molecule has 0 saturated carbocycles. The van der Waals surface area contributed by atoms with Gasteiger partial charge in [0.1, 0.15) is 5.69 Å². The smallest absolute Gasteiger partial charge is 0.270 e. The molecule has 0 fully saturated rings. The summed E-state index contributed by atoms with van der Waals surface area (Å²) in [5.41, 5.74) is 0.820. The van der Waals surface area contributed by atoms with Crippen LogP contribution < -0.4 is 5.32 Å². The molecule has 1 heterocycles. The first kappa shape index (κ1) is 14.8. The normalized spacial score (nSPS) is 12.0. The second-order valence-corrected chi connectivity index (χ2v) is 5.03. The van der Waals surface area contributed by atoms with E-state index < -0.39 is 11.9 Å². The van der Waals surface area contributed by atoms with Gasteiger partial charge in [-0.15, -0.1) is 0 Å². The number of pyridine rings is 1. The molecule has 0 saturated heterocycles. The van der Waals surface area contributed by atoms with Gasteiger partial charge in [0.05, 0.1) is 16.1 Å². The van der Waals surface area contributed by atoms with Crippen molar-refractivity contribution in [1.29, 1.82) is 0 Å². The number of amides is 1. The number of benzene rings is 1. The molecule has 0 radical (unpaired) electrons. The van der Waals surface area contributed by atoms with E-state index in [0.717, 1.165) is 5.56 Å². The fourth-order valence-corrected chi connectivity index (χ4v) is 1.98. The third kappa shape index (κ3) is 3.46. The number of carbonyl (C=O) groups is 1. The van der Waals surface area contributed by atoms with Gasteiger partial charge in [0, 0.05) is 0 Å². The molecule has 2 aromatic rings. The van der Waals surface area contributed by atoms with E-state index in [-0.39, 0.29) is 11.7 Å². The van der Waals surface area contributed by atoms with E-state index in [9.17, 15) is 9.18 Å². The van der Waals surface area contributed by atoms with Crippen molar-refractivity contribution in [2.24, 2.45) is 0 Å². The zero-order valence-corrected chi connectivity index (χ0v) is 12.0. The second kappa shape index (κ2) is 6.20. The Morgan fingerprint density at radius 3 is 2.65 bits per heavy atom. The molecule has 3 nitrogen and oxygen atoms in total. The molecule has 1 N–H and O–H groups in total. The largest absolute Gasteiger partial charge is 0.344 e. The molecule has 1 aromatic carbocycles. The number of rotatable bonds is 3. The Morgan fingerprint density at radius 1 is 1.25 bits per heavy atom. The topological polar surface area (TPSA) is 42.0 Å². The fourth-order valence-electron chi connectivity index (χ4n) is 1.67. The summed E-state index contributed by atoms with van der Waals surface area (Å²) in [7, 11) is 0. The molecule has 1 amide bonds. The molecule has 0 bridgehead atoms. The SMILES string of the molecule is CC(NC(=O)c1cccc(F)n1)c1ccc(Cl)c(Cl)c1. The Labute approximate surface area is 125 Å². The van der Waals surface area contributed by atoms with E-state index in [2.05, 4.69) is 10.3 Å². The van der Waals surface area contributed by atoms with E-state index in [0.29, 0.717) is 10.0 Å². The number of nitrogens with zero attached hydrogens (tertiary/aromatic N) is 1. The van der Waals surface area contributed by atoms with Gasteiger partial charge in [0.25, 0.3) is 5.91 Å². The lowest BCUT2D eigenvalue weighted by molar-refractivity contribution is 0.0933. The highest BCUT2D eigenvalue weighted by molar-refractivity contribution is 6.42. The van der Waals surface area contributed by atoms with Gasteiger partial charge in [-0.1, -0.05) is 35.3 Å².